The normalized spacial score (nSPS) is 17.2. The zero-order valence-electron chi connectivity index (χ0n) is 13.7. The first-order valence-corrected chi connectivity index (χ1v) is 8.01. The van der Waals surface area contributed by atoms with E-state index in [0.29, 0.717) is 17.9 Å². The standard InChI is InChI=1S/C19H17N3O3/c1-25-17-9-5-4-8-16(17)22-18(23)15(21-19(22)24)10-12-11-20-14-7-3-2-6-13(12)14/h2-9,11,15,20H,10H2,1H3,(H,21,24). The Morgan fingerprint density at radius 3 is 2.68 bits per heavy atom. The second-order valence-electron chi connectivity index (χ2n) is 5.91. The molecule has 1 atom stereocenters. The van der Waals surface area contributed by atoms with Gasteiger partial charge in [-0.15, -0.1) is 0 Å². The van der Waals surface area contributed by atoms with Crippen molar-refractivity contribution in [2.24, 2.45) is 0 Å². The van der Waals surface area contributed by atoms with Crippen LogP contribution in [0.25, 0.3) is 10.9 Å². The number of rotatable bonds is 4. The van der Waals surface area contributed by atoms with Crippen LogP contribution in [0.4, 0.5) is 10.5 Å². The lowest BCUT2D eigenvalue weighted by atomic mass is 10.0. The van der Waals surface area contributed by atoms with Crippen LogP contribution >= 0.6 is 0 Å². The number of ether oxygens (including phenoxy) is 1. The maximum atomic E-state index is 12.8. The number of urea groups is 1. The summed E-state index contributed by atoms with van der Waals surface area (Å²) in [4.78, 5) is 29.6. The molecule has 6 nitrogen and oxygen atoms in total. The van der Waals surface area contributed by atoms with E-state index in [0.717, 1.165) is 21.4 Å². The van der Waals surface area contributed by atoms with Crippen molar-refractivity contribution in [1.29, 1.82) is 0 Å². The molecule has 0 spiro atoms. The second kappa shape index (κ2) is 5.98. The molecule has 3 amide bonds. The fraction of sp³-hybridized carbons (Fsp3) is 0.158. The first kappa shape index (κ1) is 15.3. The fourth-order valence-corrected chi connectivity index (χ4v) is 3.23. The van der Waals surface area contributed by atoms with Gasteiger partial charge >= 0.3 is 6.03 Å². The van der Waals surface area contributed by atoms with Crippen molar-refractivity contribution in [3.8, 4) is 5.75 Å². The van der Waals surface area contributed by atoms with Crippen LogP contribution in [0, 0.1) is 0 Å². The molecule has 2 aromatic carbocycles. The fourth-order valence-electron chi connectivity index (χ4n) is 3.23. The molecule has 1 aliphatic rings. The van der Waals surface area contributed by atoms with Gasteiger partial charge in [-0.25, -0.2) is 9.69 Å². The Morgan fingerprint density at radius 1 is 1.08 bits per heavy atom. The first-order chi connectivity index (χ1) is 12.2. The Balaban J connectivity index is 1.63. The third-order valence-corrected chi connectivity index (χ3v) is 4.44. The summed E-state index contributed by atoms with van der Waals surface area (Å²) >= 11 is 0. The number of imide groups is 1. The summed E-state index contributed by atoms with van der Waals surface area (Å²) in [5.74, 6) is 0.207. The maximum Gasteiger partial charge on any atom is 0.329 e. The van der Waals surface area contributed by atoms with Gasteiger partial charge in [0.25, 0.3) is 5.91 Å². The van der Waals surface area contributed by atoms with E-state index >= 15 is 0 Å². The lowest BCUT2D eigenvalue weighted by molar-refractivity contribution is -0.118. The first-order valence-electron chi connectivity index (χ1n) is 8.01. The molecule has 0 radical (unpaired) electrons. The average molecular weight is 335 g/mol. The number of nitrogens with zero attached hydrogens (tertiary/aromatic N) is 1. The number of aromatic amines is 1. The van der Waals surface area contributed by atoms with E-state index in [4.69, 9.17) is 4.74 Å². The highest BCUT2D eigenvalue weighted by atomic mass is 16.5. The number of nitrogens with one attached hydrogen (secondary N) is 2. The third kappa shape index (κ3) is 2.52. The van der Waals surface area contributed by atoms with E-state index in [1.54, 1.807) is 24.3 Å². The number of para-hydroxylation sites is 3. The number of amides is 3. The maximum absolute atomic E-state index is 12.8. The molecule has 1 fully saturated rings. The van der Waals surface area contributed by atoms with Crippen molar-refractivity contribution in [1.82, 2.24) is 10.3 Å². The molecule has 3 aromatic rings. The van der Waals surface area contributed by atoms with Gasteiger partial charge in [0, 0.05) is 23.5 Å². The van der Waals surface area contributed by atoms with Crippen LogP contribution in [0.3, 0.4) is 0 Å². The Kier molecular flexibility index (Phi) is 3.65. The smallest absolute Gasteiger partial charge is 0.329 e. The van der Waals surface area contributed by atoms with Gasteiger partial charge in [0.1, 0.15) is 11.8 Å². The summed E-state index contributed by atoms with van der Waals surface area (Å²) in [6, 6.07) is 13.8. The van der Waals surface area contributed by atoms with Crippen molar-refractivity contribution in [2.75, 3.05) is 12.0 Å². The molecule has 6 heteroatoms. The number of fused-ring (bicyclic) bond motifs is 1. The number of aromatic nitrogens is 1. The van der Waals surface area contributed by atoms with Crippen LogP contribution in [0.1, 0.15) is 5.56 Å². The molecule has 1 aromatic heterocycles. The van der Waals surface area contributed by atoms with E-state index < -0.39 is 12.1 Å². The molecule has 1 unspecified atom stereocenters. The molecule has 126 valence electrons. The number of hydrogen-bond donors (Lipinski definition) is 2. The highest BCUT2D eigenvalue weighted by Gasteiger charge is 2.40. The zero-order valence-corrected chi connectivity index (χ0v) is 13.7. The van der Waals surface area contributed by atoms with Crippen LogP contribution in [0.5, 0.6) is 5.75 Å². The Morgan fingerprint density at radius 2 is 1.84 bits per heavy atom. The molecular weight excluding hydrogens is 318 g/mol. The number of carbonyl (C=O) groups excluding carboxylic acids is 2. The SMILES string of the molecule is COc1ccccc1N1C(=O)NC(Cc2c[nH]c3ccccc23)C1=O. The topological polar surface area (TPSA) is 74.4 Å². The minimum Gasteiger partial charge on any atom is -0.495 e. The number of carbonyl (C=O) groups is 2. The van der Waals surface area contributed by atoms with E-state index in [1.807, 2.05) is 30.5 Å². The Bertz CT molecular complexity index is 963. The predicted octanol–water partition coefficient (Wildman–Crippen LogP) is 2.84. The number of hydrogen-bond acceptors (Lipinski definition) is 3. The van der Waals surface area contributed by atoms with Gasteiger partial charge < -0.3 is 15.0 Å². The summed E-state index contributed by atoms with van der Waals surface area (Å²) in [6.45, 7) is 0. The van der Waals surface area contributed by atoms with Crippen molar-refractivity contribution in [2.45, 2.75) is 12.5 Å². The molecule has 2 heterocycles. The number of H-pyrrole nitrogens is 1. The Labute approximate surface area is 144 Å². The van der Waals surface area contributed by atoms with Gasteiger partial charge in [0.15, 0.2) is 0 Å². The lowest BCUT2D eigenvalue weighted by Gasteiger charge is -2.16. The van der Waals surface area contributed by atoms with Crippen molar-refractivity contribution < 1.29 is 14.3 Å². The third-order valence-electron chi connectivity index (χ3n) is 4.44. The van der Waals surface area contributed by atoms with Crippen LogP contribution in [0.15, 0.2) is 54.7 Å². The number of benzene rings is 2. The molecule has 0 saturated carbocycles. The summed E-state index contributed by atoms with van der Waals surface area (Å²) in [5, 5.41) is 3.83. The van der Waals surface area contributed by atoms with E-state index in [-0.39, 0.29) is 5.91 Å². The molecular formula is C19H17N3O3. The van der Waals surface area contributed by atoms with Gasteiger partial charge in [0.05, 0.1) is 12.8 Å². The number of anilines is 1. The summed E-state index contributed by atoms with van der Waals surface area (Å²) < 4.78 is 5.27. The highest BCUT2D eigenvalue weighted by Crippen LogP contribution is 2.31. The molecule has 1 aliphatic heterocycles. The van der Waals surface area contributed by atoms with Crippen LogP contribution in [0.2, 0.25) is 0 Å². The minimum absolute atomic E-state index is 0.278. The minimum atomic E-state index is -0.600. The van der Waals surface area contributed by atoms with Gasteiger partial charge in [-0.1, -0.05) is 30.3 Å². The van der Waals surface area contributed by atoms with Gasteiger partial charge in [-0.3, -0.25) is 4.79 Å². The molecule has 2 N–H and O–H groups in total. The summed E-state index contributed by atoms with van der Waals surface area (Å²) in [5.41, 5.74) is 2.46. The van der Waals surface area contributed by atoms with Crippen molar-refractivity contribution in [3.05, 3.63) is 60.3 Å². The van der Waals surface area contributed by atoms with Crippen molar-refractivity contribution >= 4 is 28.5 Å². The molecule has 0 bridgehead atoms. The monoisotopic (exact) mass is 335 g/mol. The Hall–Kier alpha value is -3.28. The molecule has 25 heavy (non-hydrogen) atoms. The van der Waals surface area contributed by atoms with E-state index in [9.17, 15) is 9.59 Å². The van der Waals surface area contributed by atoms with Gasteiger partial charge in [0.2, 0.25) is 0 Å². The highest BCUT2D eigenvalue weighted by molar-refractivity contribution is 6.22. The average Bonchev–Trinajstić information content (AvgIpc) is 3.16. The predicted molar refractivity (Wildman–Crippen MR) is 94.8 cm³/mol. The van der Waals surface area contributed by atoms with Gasteiger partial charge in [-0.05, 0) is 23.8 Å². The van der Waals surface area contributed by atoms with E-state index in [1.165, 1.54) is 7.11 Å². The van der Waals surface area contributed by atoms with Crippen LogP contribution in [-0.4, -0.2) is 30.1 Å². The number of methoxy groups -OCH3 is 1. The molecule has 1 saturated heterocycles. The lowest BCUT2D eigenvalue weighted by Crippen LogP contribution is -2.32. The molecule has 4 rings (SSSR count). The van der Waals surface area contributed by atoms with Crippen LogP contribution < -0.4 is 15.0 Å². The zero-order chi connectivity index (χ0) is 17.4. The summed E-state index contributed by atoms with van der Waals surface area (Å²) in [6.07, 6.45) is 2.32. The van der Waals surface area contributed by atoms with Gasteiger partial charge in [-0.2, -0.15) is 0 Å². The van der Waals surface area contributed by atoms with Crippen LogP contribution in [-0.2, 0) is 11.2 Å². The largest absolute Gasteiger partial charge is 0.495 e. The quantitative estimate of drug-likeness (QED) is 0.720. The molecule has 0 aliphatic carbocycles. The summed E-state index contributed by atoms with van der Waals surface area (Å²) in [7, 11) is 1.51. The van der Waals surface area contributed by atoms with E-state index in [2.05, 4.69) is 10.3 Å². The second-order valence-corrected chi connectivity index (χ2v) is 5.91. The van der Waals surface area contributed by atoms with Crippen molar-refractivity contribution in [3.63, 3.8) is 0 Å².